The highest BCUT2D eigenvalue weighted by Crippen LogP contribution is 2.43. The van der Waals surface area contributed by atoms with Crippen LogP contribution in [0.1, 0.15) is 76.2 Å². The zero-order chi connectivity index (χ0) is 27.9. The second-order valence-electron chi connectivity index (χ2n) is 9.79. The molecule has 5 nitrogen and oxygen atoms in total. The molecular formula is C33H31ClN2O3. The van der Waals surface area contributed by atoms with Crippen molar-refractivity contribution in [3.8, 4) is 6.07 Å². The van der Waals surface area contributed by atoms with Gasteiger partial charge in [-0.3, -0.25) is 9.59 Å². The third kappa shape index (κ3) is 6.47. The minimum atomic E-state index is -0.950. The second-order valence-corrected chi connectivity index (χ2v) is 10.2. The predicted octanol–water partition coefficient (Wildman–Crippen LogP) is 7.59. The van der Waals surface area contributed by atoms with Gasteiger partial charge in [0, 0.05) is 23.0 Å². The lowest BCUT2D eigenvalue weighted by molar-refractivity contribution is -0.136. The van der Waals surface area contributed by atoms with Crippen molar-refractivity contribution < 1.29 is 14.7 Å². The first-order valence-electron chi connectivity index (χ1n) is 13.1. The smallest absolute Gasteiger partial charge is 0.305 e. The van der Waals surface area contributed by atoms with E-state index in [1.165, 1.54) is 0 Å². The lowest BCUT2D eigenvalue weighted by atomic mass is 9.74. The zero-order valence-electron chi connectivity index (χ0n) is 22.1. The number of benzene rings is 4. The fourth-order valence-electron chi connectivity index (χ4n) is 5.23. The van der Waals surface area contributed by atoms with Gasteiger partial charge < -0.3 is 10.4 Å². The summed E-state index contributed by atoms with van der Waals surface area (Å²) in [4.78, 5) is 23.3. The van der Waals surface area contributed by atoms with Crippen LogP contribution in [0.15, 0.2) is 78.9 Å². The molecule has 39 heavy (non-hydrogen) atoms. The minimum absolute atomic E-state index is 0.0204. The van der Waals surface area contributed by atoms with Crippen LogP contribution in [0.25, 0.3) is 10.8 Å². The summed E-state index contributed by atoms with van der Waals surface area (Å²) in [6.45, 7) is 4.32. The molecule has 0 aliphatic carbocycles. The number of carboxylic acid groups (broad SMARTS) is 1. The Hall–Kier alpha value is -4.14. The molecule has 4 rings (SSSR count). The van der Waals surface area contributed by atoms with E-state index in [2.05, 4.69) is 49.5 Å². The van der Waals surface area contributed by atoms with E-state index >= 15 is 0 Å². The average Bonchev–Trinajstić information content (AvgIpc) is 2.94. The van der Waals surface area contributed by atoms with E-state index in [9.17, 15) is 14.9 Å². The number of nitriles is 1. The molecule has 2 N–H and O–H groups in total. The number of carbonyl (C=O) groups excluding carboxylic acids is 1. The maximum absolute atomic E-state index is 12.5. The van der Waals surface area contributed by atoms with Gasteiger partial charge in [0.2, 0.25) is 0 Å². The summed E-state index contributed by atoms with van der Waals surface area (Å²) in [7, 11) is 0. The Balaban J connectivity index is 1.77. The lowest BCUT2D eigenvalue weighted by Crippen LogP contribution is -2.26. The molecule has 0 aromatic heterocycles. The minimum Gasteiger partial charge on any atom is -0.481 e. The average molecular weight is 539 g/mol. The molecule has 2 atom stereocenters. The van der Waals surface area contributed by atoms with Gasteiger partial charge in [0.05, 0.1) is 18.1 Å². The van der Waals surface area contributed by atoms with E-state index in [1.54, 1.807) is 12.1 Å². The fraction of sp³-hybridized carbons (Fsp3) is 0.242. The van der Waals surface area contributed by atoms with E-state index < -0.39 is 5.97 Å². The summed E-state index contributed by atoms with van der Waals surface area (Å²) in [6.07, 6.45) is 1.77. The number of fused-ring (bicyclic) bond motifs is 1. The Morgan fingerprint density at radius 3 is 2.23 bits per heavy atom. The van der Waals surface area contributed by atoms with E-state index in [1.807, 2.05) is 42.5 Å². The maximum Gasteiger partial charge on any atom is 0.305 e. The molecule has 0 spiro atoms. The Morgan fingerprint density at radius 1 is 0.923 bits per heavy atom. The quantitative estimate of drug-likeness (QED) is 0.217. The molecule has 6 heteroatoms. The van der Waals surface area contributed by atoms with Crippen molar-refractivity contribution in [2.24, 2.45) is 0 Å². The number of aliphatic carboxylic acids is 1. The number of amides is 1. The molecule has 4 aromatic carbocycles. The number of carboxylic acids is 1. The number of aryl methyl sites for hydroxylation is 1. The Morgan fingerprint density at radius 2 is 1.59 bits per heavy atom. The number of nitrogens with one attached hydrogen (secondary N) is 1. The number of hydrogen-bond donors (Lipinski definition) is 2. The molecule has 0 radical (unpaired) electrons. The van der Waals surface area contributed by atoms with Crippen LogP contribution in [0.4, 0.5) is 0 Å². The molecule has 0 bridgehead atoms. The number of hydrogen-bond acceptors (Lipinski definition) is 3. The van der Waals surface area contributed by atoms with Crippen molar-refractivity contribution in [3.63, 3.8) is 0 Å². The summed E-state index contributed by atoms with van der Waals surface area (Å²) >= 11 is 6.25. The van der Waals surface area contributed by atoms with Crippen LogP contribution in [0.3, 0.4) is 0 Å². The molecule has 0 saturated heterocycles. The van der Waals surface area contributed by atoms with Gasteiger partial charge in [-0.1, -0.05) is 73.5 Å². The van der Waals surface area contributed by atoms with Gasteiger partial charge in [-0.05, 0) is 82.6 Å². The predicted molar refractivity (Wildman–Crippen MR) is 155 cm³/mol. The molecule has 0 saturated carbocycles. The van der Waals surface area contributed by atoms with E-state index in [0.717, 1.165) is 45.9 Å². The topological polar surface area (TPSA) is 90.2 Å². The molecular weight excluding hydrogens is 508 g/mol. The highest BCUT2D eigenvalue weighted by Gasteiger charge is 2.27. The highest BCUT2D eigenvalue weighted by molar-refractivity contribution is 6.30. The van der Waals surface area contributed by atoms with E-state index in [0.29, 0.717) is 16.1 Å². The van der Waals surface area contributed by atoms with Crippen LogP contribution in [0.2, 0.25) is 5.02 Å². The van der Waals surface area contributed by atoms with Crippen molar-refractivity contribution in [3.05, 3.63) is 117 Å². The van der Waals surface area contributed by atoms with Gasteiger partial charge in [-0.2, -0.15) is 5.26 Å². The van der Waals surface area contributed by atoms with Crippen LogP contribution in [-0.2, 0) is 4.79 Å². The van der Waals surface area contributed by atoms with Crippen molar-refractivity contribution in [2.75, 3.05) is 6.54 Å². The first-order valence-corrected chi connectivity index (χ1v) is 13.5. The second kappa shape index (κ2) is 12.6. The largest absolute Gasteiger partial charge is 0.481 e. The van der Waals surface area contributed by atoms with Crippen molar-refractivity contribution in [1.82, 2.24) is 5.32 Å². The van der Waals surface area contributed by atoms with Gasteiger partial charge in [-0.25, -0.2) is 0 Å². The summed E-state index contributed by atoms with van der Waals surface area (Å²) in [5.74, 6) is -1.10. The Labute approximate surface area is 234 Å². The third-order valence-electron chi connectivity index (χ3n) is 7.19. The zero-order valence-corrected chi connectivity index (χ0v) is 22.8. The van der Waals surface area contributed by atoms with Crippen molar-refractivity contribution in [1.29, 1.82) is 5.26 Å². The standard InChI is InChI=1S/C33H31ClN2O3/c1-3-4-29(22-7-9-24(10-8-22)33(39)36-18-17-31(37)38)32(23-11-14-27(34)15-12-23)25-13-16-28-26(20-35)6-5-21(2)30(28)19-25/h5-16,19,29,32H,3-4,17-18H2,1-2H3,(H,36,39)(H,37,38). The molecule has 2 unspecified atom stereocenters. The molecule has 1 amide bonds. The molecule has 0 aliphatic rings. The Bertz CT molecular complexity index is 1520. The monoisotopic (exact) mass is 538 g/mol. The lowest BCUT2D eigenvalue weighted by Gasteiger charge is -2.29. The number of nitrogens with zero attached hydrogens (tertiary/aromatic N) is 1. The van der Waals surface area contributed by atoms with Gasteiger partial charge >= 0.3 is 5.97 Å². The van der Waals surface area contributed by atoms with E-state index in [4.69, 9.17) is 16.7 Å². The number of halogens is 1. The van der Waals surface area contributed by atoms with E-state index in [-0.39, 0.29) is 30.7 Å². The third-order valence-corrected chi connectivity index (χ3v) is 7.45. The summed E-state index contributed by atoms with van der Waals surface area (Å²) < 4.78 is 0. The molecule has 4 aromatic rings. The molecule has 0 heterocycles. The van der Waals surface area contributed by atoms with Crippen molar-refractivity contribution >= 4 is 34.2 Å². The first kappa shape index (κ1) is 27.9. The summed E-state index contributed by atoms with van der Waals surface area (Å²) in [5.41, 5.74) is 5.67. The van der Waals surface area contributed by atoms with Crippen LogP contribution in [-0.4, -0.2) is 23.5 Å². The van der Waals surface area contributed by atoms with Gasteiger partial charge in [0.25, 0.3) is 5.91 Å². The number of rotatable bonds is 10. The fourth-order valence-corrected chi connectivity index (χ4v) is 5.36. The van der Waals surface area contributed by atoms with Crippen LogP contribution >= 0.6 is 11.6 Å². The number of carbonyl (C=O) groups is 2. The summed E-state index contributed by atoms with van der Waals surface area (Å²) in [6, 6.07) is 28.1. The van der Waals surface area contributed by atoms with Crippen LogP contribution < -0.4 is 5.32 Å². The van der Waals surface area contributed by atoms with Gasteiger partial charge in [0.1, 0.15) is 0 Å². The normalized spacial score (nSPS) is 12.5. The van der Waals surface area contributed by atoms with Gasteiger partial charge in [0.15, 0.2) is 0 Å². The molecule has 0 fully saturated rings. The molecule has 198 valence electrons. The first-order chi connectivity index (χ1) is 18.8. The van der Waals surface area contributed by atoms with Crippen LogP contribution in [0.5, 0.6) is 0 Å². The summed E-state index contributed by atoms with van der Waals surface area (Å²) in [5, 5.41) is 23.8. The molecule has 0 aliphatic heterocycles. The van der Waals surface area contributed by atoms with Crippen LogP contribution in [0, 0.1) is 18.3 Å². The SMILES string of the molecule is CCCC(c1ccc(C(=O)NCCC(=O)O)cc1)C(c1ccc(Cl)cc1)c1ccc2c(C#N)ccc(C)c2c1. The van der Waals surface area contributed by atoms with Crippen molar-refractivity contribution in [2.45, 2.75) is 44.9 Å². The Kier molecular flexibility index (Phi) is 9.01. The maximum atomic E-state index is 12.5. The highest BCUT2D eigenvalue weighted by atomic mass is 35.5. The van der Waals surface area contributed by atoms with Gasteiger partial charge in [-0.15, -0.1) is 0 Å².